The van der Waals surface area contributed by atoms with Gasteiger partial charge in [-0.25, -0.2) is 0 Å². The quantitative estimate of drug-likeness (QED) is 0.488. The van der Waals surface area contributed by atoms with Crippen molar-refractivity contribution in [2.24, 2.45) is 28.6 Å². The summed E-state index contributed by atoms with van der Waals surface area (Å²) >= 11 is 0. The molecular formula is C15H18O4. The Balaban J connectivity index is 1.67. The second-order valence-electron chi connectivity index (χ2n) is 7.83. The Hall–Kier alpha value is -0.900. The molecule has 5 fully saturated rings. The molecule has 0 aromatic rings. The fourth-order valence-electron chi connectivity index (χ4n) is 5.85. The van der Waals surface area contributed by atoms with Crippen LogP contribution in [-0.4, -0.2) is 29.6 Å². The van der Waals surface area contributed by atoms with Crippen molar-refractivity contribution in [2.75, 3.05) is 0 Å². The molecule has 2 aliphatic heterocycles. The van der Waals surface area contributed by atoms with E-state index in [0.29, 0.717) is 11.8 Å². The highest BCUT2D eigenvalue weighted by atomic mass is 16.6. The summed E-state index contributed by atoms with van der Waals surface area (Å²) in [6.07, 6.45) is 1.67. The van der Waals surface area contributed by atoms with Crippen molar-refractivity contribution < 1.29 is 19.1 Å². The van der Waals surface area contributed by atoms with Gasteiger partial charge in [0.05, 0.1) is 11.5 Å². The van der Waals surface area contributed by atoms with E-state index in [4.69, 9.17) is 9.47 Å². The first kappa shape index (κ1) is 10.8. The molecule has 1 unspecified atom stereocenters. The van der Waals surface area contributed by atoms with Crippen molar-refractivity contribution in [1.82, 2.24) is 0 Å². The lowest BCUT2D eigenvalue weighted by Gasteiger charge is -2.69. The Bertz CT molecular complexity index is 552. The van der Waals surface area contributed by atoms with Crippen LogP contribution in [0.3, 0.4) is 0 Å². The third kappa shape index (κ3) is 0.793. The highest BCUT2D eigenvalue weighted by molar-refractivity contribution is 6.01. The zero-order valence-corrected chi connectivity index (χ0v) is 11.4. The molecule has 0 amide bonds. The topological polar surface area (TPSA) is 55.9 Å². The Morgan fingerprint density at radius 2 is 1.89 bits per heavy atom. The first-order chi connectivity index (χ1) is 8.85. The Morgan fingerprint density at radius 1 is 1.16 bits per heavy atom. The summed E-state index contributed by atoms with van der Waals surface area (Å²) in [5.74, 6) is 0.520. The molecule has 0 radical (unpaired) electrons. The van der Waals surface area contributed by atoms with Crippen molar-refractivity contribution in [3.8, 4) is 0 Å². The SMILES string of the molecule is CC1(C)[C@H]2[C@H]3[C@@H]1OC(=O)C31CC[C@@H]3O[C@]3(C)C(=O)[C@H]21. The van der Waals surface area contributed by atoms with Crippen LogP contribution in [0.2, 0.25) is 0 Å². The van der Waals surface area contributed by atoms with Gasteiger partial charge in [-0.3, -0.25) is 9.59 Å². The molecule has 3 aliphatic carbocycles. The molecule has 102 valence electrons. The van der Waals surface area contributed by atoms with Gasteiger partial charge in [0.15, 0.2) is 11.4 Å². The van der Waals surface area contributed by atoms with E-state index in [1.54, 1.807) is 0 Å². The minimum Gasteiger partial charge on any atom is -0.461 e. The second-order valence-corrected chi connectivity index (χ2v) is 7.83. The van der Waals surface area contributed by atoms with Crippen molar-refractivity contribution in [1.29, 1.82) is 0 Å². The van der Waals surface area contributed by atoms with Crippen LogP contribution in [-0.2, 0) is 19.1 Å². The lowest BCUT2D eigenvalue weighted by atomic mass is 9.30. The van der Waals surface area contributed by atoms with E-state index < -0.39 is 11.0 Å². The first-order valence-corrected chi connectivity index (χ1v) is 7.28. The minimum atomic E-state index is -0.608. The Labute approximate surface area is 111 Å². The summed E-state index contributed by atoms with van der Waals surface area (Å²) < 4.78 is 11.3. The molecule has 0 aromatic carbocycles. The zero-order chi connectivity index (χ0) is 13.4. The van der Waals surface area contributed by atoms with E-state index in [0.717, 1.165) is 12.8 Å². The van der Waals surface area contributed by atoms with Gasteiger partial charge in [-0.2, -0.15) is 0 Å². The smallest absolute Gasteiger partial charge is 0.313 e. The zero-order valence-electron chi connectivity index (χ0n) is 11.4. The van der Waals surface area contributed by atoms with Crippen molar-refractivity contribution in [3.63, 3.8) is 0 Å². The Kier molecular flexibility index (Phi) is 1.43. The van der Waals surface area contributed by atoms with Crippen LogP contribution in [0.15, 0.2) is 0 Å². The van der Waals surface area contributed by atoms with Crippen molar-refractivity contribution in [3.05, 3.63) is 0 Å². The monoisotopic (exact) mass is 262 g/mol. The van der Waals surface area contributed by atoms with Gasteiger partial charge in [-0.1, -0.05) is 13.8 Å². The van der Waals surface area contributed by atoms with E-state index in [1.807, 2.05) is 6.92 Å². The number of fused-ring (bicyclic) bond motifs is 2. The lowest BCUT2D eigenvalue weighted by molar-refractivity contribution is -0.254. The number of epoxide rings is 1. The van der Waals surface area contributed by atoms with Crippen LogP contribution in [0.4, 0.5) is 0 Å². The minimum absolute atomic E-state index is 0.0364. The van der Waals surface area contributed by atoms with Gasteiger partial charge < -0.3 is 9.47 Å². The number of carbonyl (C=O) groups is 2. The van der Waals surface area contributed by atoms with Crippen LogP contribution < -0.4 is 0 Å². The van der Waals surface area contributed by atoms with Crippen LogP contribution in [0, 0.1) is 28.6 Å². The third-order valence-corrected chi connectivity index (χ3v) is 6.96. The van der Waals surface area contributed by atoms with Crippen molar-refractivity contribution >= 4 is 11.8 Å². The van der Waals surface area contributed by atoms with E-state index in [-0.39, 0.29) is 35.3 Å². The lowest BCUT2D eigenvalue weighted by Crippen LogP contribution is -2.75. The molecule has 4 heteroatoms. The van der Waals surface area contributed by atoms with Gasteiger partial charge in [0.1, 0.15) is 6.10 Å². The van der Waals surface area contributed by atoms with Crippen molar-refractivity contribution in [2.45, 2.75) is 51.4 Å². The molecule has 4 nitrogen and oxygen atoms in total. The maximum atomic E-state index is 12.8. The average molecular weight is 262 g/mol. The number of carbonyl (C=O) groups excluding carboxylic acids is 2. The molecule has 2 saturated heterocycles. The molecule has 0 aromatic heterocycles. The molecular weight excluding hydrogens is 244 g/mol. The van der Waals surface area contributed by atoms with Crippen LogP contribution in [0.1, 0.15) is 33.6 Å². The predicted octanol–water partition coefficient (Wildman–Crippen LogP) is 1.32. The molecule has 3 saturated carbocycles. The summed E-state index contributed by atoms with van der Waals surface area (Å²) in [6, 6.07) is 0. The summed E-state index contributed by atoms with van der Waals surface area (Å²) in [5.41, 5.74) is -1.14. The Morgan fingerprint density at radius 3 is 2.63 bits per heavy atom. The maximum absolute atomic E-state index is 12.8. The number of hydrogen-bond donors (Lipinski definition) is 0. The van der Waals surface area contributed by atoms with E-state index in [2.05, 4.69) is 13.8 Å². The van der Waals surface area contributed by atoms with Gasteiger partial charge in [-0.05, 0) is 25.7 Å². The number of hydrogen-bond acceptors (Lipinski definition) is 4. The number of esters is 1. The van der Waals surface area contributed by atoms with Gasteiger partial charge in [0, 0.05) is 17.3 Å². The van der Waals surface area contributed by atoms with E-state index >= 15 is 0 Å². The average Bonchev–Trinajstić information content (AvgIpc) is 2.94. The molecule has 5 rings (SSSR count). The summed E-state index contributed by atoms with van der Waals surface area (Å²) in [5, 5.41) is 0. The fraction of sp³-hybridized carbons (Fsp3) is 0.867. The highest BCUT2D eigenvalue weighted by Crippen LogP contribution is 2.80. The molecule has 1 spiro atoms. The van der Waals surface area contributed by atoms with Crippen LogP contribution >= 0.6 is 0 Å². The molecule has 2 heterocycles. The first-order valence-electron chi connectivity index (χ1n) is 7.28. The highest BCUT2D eigenvalue weighted by Gasteiger charge is 2.88. The van der Waals surface area contributed by atoms with Crippen LogP contribution in [0.5, 0.6) is 0 Å². The molecule has 5 aliphatic rings. The fourth-order valence-corrected chi connectivity index (χ4v) is 5.85. The number of rotatable bonds is 0. The van der Waals surface area contributed by atoms with Gasteiger partial charge in [-0.15, -0.1) is 0 Å². The molecule has 19 heavy (non-hydrogen) atoms. The normalized spacial score (nSPS) is 62.8. The standard InChI is InChI=1S/C15H18O4/c1-13(2)7-8-10(16)14(3)6(19-14)4-5-15(8)9(7)11(13)18-12(15)17/h6-9,11H,4-5H2,1-3H3/t6-,7+,8-,9-,11-,14-,15?/m0/s1. The van der Waals surface area contributed by atoms with E-state index in [1.165, 1.54) is 0 Å². The second kappa shape index (κ2) is 2.50. The van der Waals surface area contributed by atoms with Gasteiger partial charge in [0.2, 0.25) is 0 Å². The van der Waals surface area contributed by atoms with E-state index in [9.17, 15) is 9.59 Å². The number of ketones is 1. The number of Topliss-reactive ketones (excluding diaryl/α,β-unsaturated/α-hetero) is 1. The predicted molar refractivity (Wildman–Crippen MR) is 64.1 cm³/mol. The summed E-state index contributed by atoms with van der Waals surface area (Å²) in [7, 11) is 0. The van der Waals surface area contributed by atoms with Crippen LogP contribution in [0.25, 0.3) is 0 Å². The summed E-state index contributed by atoms with van der Waals surface area (Å²) in [4.78, 5) is 25.3. The molecule has 0 bridgehead atoms. The van der Waals surface area contributed by atoms with Gasteiger partial charge in [0.25, 0.3) is 0 Å². The summed E-state index contributed by atoms with van der Waals surface area (Å²) in [6.45, 7) is 6.16. The maximum Gasteiger partial charge on any atom is 0.313 e. The third-order valence-electron chi connectivity index (χ3n) is 6.96. The number of ether oxygens (including phenoxy) is 2. The molecule has 7 atom stereocenters. The largest absolute Gasteiger partial charge is 0.461 e. The van der Waals surface area contributed by atoms with Gasteiger partial charge >= 0.3 is 5.97 Å². The molecule has 0 N–H and O–H groups in total.